The van der Waals surface area contributed by atoms with Gasteiger partial charge in [-0.3, -0.25) is 4.79 Å². The van der Waals surface area contributed by atoms with Crippen molar-refractivity contribution in [3.05, 3.63) is 0 Å². The first-order valence-electron chi connectivity index (χ1n) is 6.18. The molecule has 0 spiro atoms. The lowest BCUT2D eigenvalue weighted by Gasteiger charge is -2.22. The summed E-state index contributed by atoms with van der Waals surface area (Å²) in [6, 6.07) is 0. The van der Waals surface area contributed by atoms with Crippen LogP contribution in [-0.2, 0) is 9.53 Å². The molecule has 1 aliphatic heterocycles. The molecular weight excluding hydrogens is 190 g/mol. The quantitative estimate of drug-likeness (QED) is 0.717. The van der Waals surface area contributed by atoms with Crippen LogP contribution in [0.5, 0.6) is 0 Å². The largest absolute Gasteiger partial charge is 0.466 e. The lowest BCUT2D eigenvalue weighted by Crippen LogP contribution is -2.28. The first kappa shape index (κ1) is 10.9. The first-order chi connectivity index (χ1) is 7.31. The fourth-order valence-corrected chi connectivity index (χ4v) is 2.59. The van der Waals surface area contributed by atoms with Crippen molar-refractivity contribution in [3.8, 4) is 0 Å². The highest BCUT2D eigenvalue weighted by Gasteiger charge is 2.44. The van der Waals surface area contributed by atoms with Crippen LogP contribution in [0.2, 0.25) is 0 Å². The van der Waals surface area contributed by atoms with Crippen molar-refractivity contribution in [1.29, 1.82) is 0 Å². The molecule has 0 aromatic carbocycles. The molecular formula is C12H21NO2. The molecule has 2 atom stereocenters. The predicted molar refractivity (Wildman–Crippen MR) is 58.4 cm³/mol. The van der Waals surface area contributed by atoms with Gasteiger partial charge >= 0.3 is 5.97 Å². The van der Waals surface area contributed by atoms with Crippen LogP contribution in [0.4, 0.5) is 0 Å². The lowest BCUT2D eigenvalue weighted by molar-refractivity contribution is -0.145. The molecule has 2 aliphatic rings. The summed E-state index contributed by atoms with van der Waals surface area (Å²) in [7, 11) is 0. The molecule has 0 unspecified atom stereocenters. The molecule has 2 rings (SSSR count). The predicted octanol–water partition coefficient (Wildman–Crippen LogP) is 1.58. The molecule has 1 heterocycles. The van der Waals surface area contributed by atoms with E-state index in [-0.39, 0.29) is 11.9 Å². The maximum absolute atomic E-state index is 11.4. The Morgan fingerprint density at radius 2 is 2.13 bits per heavy atom. The highest BCUT2D eigenvalue weighted by Crippen LogP contribution is 2.45. The summed E-state index contributed by atoms with van der Waals surface area (Å²) in [6.45, 7) is 4.71. The second kappa shape index (κ2) is 4.97. The fraction of sp³-hybridized carbons (Fsp3) is 0.917. The molecule has 0 bridgehead atoms. The zero-order valence-corrected chi connectivity index (χ0v) is 9.50. The van der Waals surface area contributed by atoms with Crippen molar-refractivity contribution < 1.29 is 9.53 Å². The normalized spacial score (nSPS) is 31.3. The van der Waals surface area contributed by atoms with E-state index in [4.69, 9.17) is 4.74 Å². The van der Waals surface area contributed by atoms with E-state index in [0.717, 1.165) is 25.4 Å². The fourth-order valence-electron chi connectivity index (χ4n) is 2.59. The van der Waals surface area contributed by atoms with E-state index >= 15 is 0 Å². The van der Waals surface area contributed by atoms with Crippen LogP contribution in [0, 0.1) is 17.8 Å². The number of hydrogen-bond acceptors (Lipinski definition) is 3. The number of carbonyl (C=O) groups excluding carboxylic acids is 1. The SMILES string of the molecule is CCOC(=O)[C@@H]1C[C@H]1CC1CCNCC1. The summed E-state index contributed by atoms with van der Waals surface area (Å²) < 4.78 is 5.03. The molecule has 0 aromatic rings. The van der Waals surface area contributed by atoms with Crippen LogP contribution < -0.4 is 5.32 Å². The van der Waals surface area contributed by atoms with Crippen LogP contribution in [0.25, 0.3) is 0 Å². The molecule has 0 amide bonds. The molecule has 15 heavy (non-hydrogen) atoms. The zero-order valence-electron chi connectivity index (χ0n) is 9.50. The van der Waals surface area contributed by atoms with Gasteiger partial charge in [-0.05, 0) is 57.5 Å². The van der Waals surface area contributed by atoms with Gasteiger partial charge in [0.15, 0.2) is 0 Å². The molecule has 0 radical (unpaired) electrons. The average molecular weight is 211 g/mol. The van der Waals surface area contributed by atoms with Gasteiger partial charge in [0.25, 0.3) is 0 Å². The summed E-state index contributed by atoms with van der Waals surface area (Å²) >= 11 is 0. The highest BCUT2D eigenvalue weighted by atomic mass is 16.5. The van der Waals surface area contributed by atoms with Crippen LogP contribution in [0.3, 0.4) is 0 Å². The second-order valence-corrected chi connectivity index (χ2v) is 4.78. The summed E-state index contributed by atoms with van der Waals surface area (Å²) in [4.78, 5) is 11.4. The van der Waals surface area contributed by atoms with Gasteiger partial charge in [0.1, 0.15) is 0 Å². The van der Waals surface area contributed by atoms with Gasteiger partial charge in [-0.1, -0.05) is 0 Å². The number of carbonyl (C=O) groups is 1. The molecule has 1 saturated carbocycles. The van der Waals surface area contributed by atoms with Crippen LogP contribution in [-0.4, -0.2) is 25.7 Å². The minimum atomic E-state index is 0.0384. The Bertz CT molecular complexity index is 224. The van der Waals surface area contributed by atoms with Crippen molar-refractivity contribution in [2.24, 2.45) is 17.8 Å². The summed E-state index contributed by atoms with van der Waals surface area (Å²) in [5.74, 6) is 1.75. The maximum Gasteiger partial charge on any atom is 0.309 e. The van der Waals surface area contributed by atoms with Gasteiger partial charge in [-0.15, -0.1) is 0 Å². The van der Waals surface area contributed by atoms with Crippen LogP contribution in [0.15, 0.2) is 0 Å². The number of esters is 1. The Hall–Kier alpha value is -0.570. The highest BCUT2D eigenvalue weighted by molar-refractivity contribution is 5.75. The monoisotopic (exact) mass is 211 g/mol. The molecule has 1 aliphatic carbocycles. The number of ether oxygens (including phenoxy) is 1. The third-order valence-corrected chi connectivity index (χ3v) is 3.61. The molecule has 3 nitrogen and oxygen atoms in total. The van der Waals surface area contributed by atoms with E-state index in [9.17, 15) is 4.79 Å². The van der Waals surface area contributed by atoms with Gasteiger partial charge < -0.3 is 10.1 Å². The molecule has 3 heteroatoms. The third-order valence-electron chi connectivity index (χ3n) is 3.61. The first-order valence-corrected chi connectivity index (χ1v) is 6.18. The minimum absolute atomic E-state index is 0.0384. The Balaban J connectivity index is 1.67. The Kier molecular flexibility index (Phi) is 3.62. The van der Waals surface area contributed by atoms with Crippen LogP contribution in [0.1, 0.15) is 32.6 Å². The molecule has 1 N–H and O–H groups in total. The van der Waals surface area contributed by atoms with E-state index in [1.807, 2.05) is 6.92 Å². The smallest absolute Gasteiger partial charge is 0.309 e. The Labute approximate surface area is 91.6 Å². The summed E-state index contributed by atoms with van der Waals surface area (Å²) in [5, 5.41) is 3.37. The van der Waals surface area contributed by atoms with E-state index < -0.39 is 0 Å². The Morgan fingerprint density at radius 3 is 2.80 bits per heavy atom. The van der Waals surface area contributed by atoms with Gasteiger partial charge in [0.2, 0.25) is 0 Å². The molecule has 0 aromatic heterocycles. The van der Waals surface area contributed by atoms with Crippen molar-refractivity contribution in [3.63, 3.8) is 0 Å². The van der Waals surface area contributed by atoms with E-state index in [0.29, 0.717) is 12.5 Å². The molecule has 2 fully saturated rings. The van der Waals surface area contributed by atoms with Gasteiger partial charge in [-0.2, -0.15) is 0 Å². The number of piperidine rings is 1. The zero-order chi connectivity index (χ0) is 10.7. The maximum atomic E-state index is 11.4. The summed E-state index contributed by atoms with van der Waals surface area (Å²) in [6.07, 6.45) is 4.88. The third kappa shape index (κ3) is 2.94. The van der Waals surface area contributed by atoms with Crippen molar-refractivity contribution >= 4 is 5.97 Å². The van der Waals surface area contributed by atoms with Crippen LogP contribution >= 0.6 is 0 Å². The van der Waals surface area contributed by atoms with Crippen molar-refractivity contribution in [1.82, 2.24) is 5.32 Å². The molecule has 1 saturated heterocycles. The topological polar surface area (TPSA) is 38.3 Å². The van der Waals surface area contributed by atoms with Gasteiger partial charge in [-0.25, -0.2) is 0 Å². The molecule has 86 valence electrons. The number of nitrogens with one attached hydrogen (secondary N) is 1. The van der Waals surface area contributed by atoms with Gasteiger partial charge in [0, 0.05) is 0 Å². The van der Waals surface area contributed by atoms with Gasteiger partial charge in [0.05, 0.1) is 12.5 Å². The standard InChI is InChI=1S/C12H21NO2/c1-2-15-12(14)11-8-10(11)7-9-3-5-13-6-4-9/h9-11,13H,2-8H2,1H3/t10-,11-/m1/s1. The van der Waals surface area contributed by atoms with E-state index in [2.05, 4.69) is 5.32 Å². The number of hydrogen-bond donors (Lipinski definition) is 1. The second-order valence-electron chi connectivity index (χ2n) is 4.78. The lowest BCUT2D eigenvalue weighted by atomic mass is 9.92. The summed E-state index contributed by atoms with van der Waals surface area (Å²) in [5.41, 5.74) is 0. The minimum Gasteiger partial charge on any atom is -0.466 e. The van der Waals surface area contributed by atoms with Crippen molar-refractivity contribution in [2.75, 3.05) is 19.7 Å². The number of rotatable bonds is 4. The Morgan fingerprint density at radius 1 is 1.40 bits per heavy atom. The van der Waals surface area contributed by atoms with E-state index in [1.54, 1.807) is 0 Å². The average Bonchev–Trinajstić information content (AvgIpc) is 2.99. The van der Waals surface area contributed by atoms with E-state index in [1.165, 1.54) is 19.3 Å². The van der Waals surface area contributed by atoms with Crippen molar-refractivity contribution in [2.45, 2.75) is 32.6 Å².